The predicted molar refractivity (Wildman–Crippen MR) is 73.9 cm³/mol. The summed E-state index contributed by atoms with van der Waals surface area (Å²) in [4.78, 5) is 16.7. The number of fused-ring (bicyclic) bond motifs is 1. The zero-order chi connectivity index (χ0) is 12.9. The number of para-hydroxylation sites is 2. The maximum atomic E-state index is 12.1. The van der Waals surface area contributed by atoms with E-state index >= 15 is 0 Å². The number of ketones is 1. The maximum absolute atomic E-state index is 12.1. The van der Waals surface area contributed by atoms with Crippen molar-refractivity contribution in [2.75, 3.05) is 0 Å². The van der Waals surface area contributed by atoms with Gasteiger partial charge in [0.05, 0.1) is 26.9 Å². The van der Waals surface area contributed by atoms with Crippen molar-refractivity contribution in [3.63, 3.8) is 0 Å². The lowest BCUT2D eigenvalue weighted by molar-refractivity contribution is -0.112. The van der Waals surface area contributed by atoms with E-state index in [1.54, 1.807) is 0 Å². The third-order valence-corrected chi connectivity index (χ3v) is 4.20. The highest BCUT2D eigenvalue weighted by molar-refractivity contribution is 8.05. The zero-order valence-electron chi connectivity index (χ0n) is 10.2. The largest absolute Gasteiger partial charge is 0.393 e. The summed E-state index contributed by atoms with van der Waals surface area (Å²) in [6.07, 6.45) is 0. The molecule has 1 aromatic carbocycles. The van der Waals surface area contributed by atoms with E-state index in [0.717, 1.165) is 11.0 Å². The predicted octanol–water partition coefficient (Wildman–Crippen LogP) is 1.91. The molecule has 0 radical (unpaired) electrons. The Morgan fingerprint density at radius 3 is 2.72 bits per heavy atom. The molecule has 92 valence electrons. The van der Waals surface area contributed by atoms with E-state index in [2.05, 4.69) is 4.98 Å². The van der Waals surface area contributed by atoms with E-state index in [1.165, 1.54) is 11.8 Å². The second kappa shape index (κ2) is 3.88. The van der Waals surface area contributed by atoms with E-state index in [0.29, 0.717) is 16.4 Å². The van der Waals surface area contributed by atoms with E-state index in [4.69, 9.17) is 5.73 Å². The molecule has 1 unspecified atom stereocenters. The Labute approximate surface area is 109 Å². The Kier molecular flexibility index (Phi) is 2.45. The summed E-state index contributed by atoms with van der Waals surface area (Å²) in [5.74, 6) is 0.728. The molecule has 4 nitrogen and oxygen atoms in total. The molecule has 2 N–H and O–H groups in total. The Bertz CT molecular complexity index is 687. The Morgan fingerprint density at radius 1 is 1.39 bits per heavy atom. The van der Waals surface area contributed by atoms with E-state index in [9.17, 15) is 4.79 Å². The second-order valence-corrected chi connectivity index (χ2v) is 5.73. The average molecular weight is 259 g/mol. The molecule has 5 heteroatoms. The van der Waals surface area contributed by atoms with Crippen LogP contribution in [-0.4, -0.2) is 20.6 Å². The van der Waals surface area contributed by atoms with Crippen molar-refractivity contribution in [3.05, 3.63) is 35.1 Å². The molecule has 3 rings (SSSR count). The molecule has 2 aromatic rings. The van der Waals surface area contributed by atoms with Crippen LogP contribution in [0.5, 0.6) is 0 Å². The summed E-state index contributed by atoms with van der Waals surface area (Å²) in [6.45, 7) is 1.87. The Balaban J connectivity index is 2.24. The van der Waals surface area contributed by atoms with Gasteiger partial charge in [-0.15, -0.1) is 0 Å². The van der Waals surface area contributed by atoms with Crippen molar-refractivity contribution in [1.29, 1.82) is 0 Å². The third-order valence-electron chi connectivity index (χ3n) is 3.18. The fourth-order valence-electron chi connectivity index (χ4n) is 2.22. The van der Waals surface area contributed by atoms with Crippen LogP contribution in [-0.2, 0) is 11.8 Å². The number of imidazole rings is 1. The van der Waals surface area contributed by atoms with Crippen LogP contribution in [0.3, 0.4) is 0 Å². The molecule has 0 saturated heterocycles. The summed E-state index contributed by atoms with van der Waals surface area (Å²) < 4.78 is 1.92. The van der Waals surface area contributed by atoms with E-state index in [-0.39, 0.29) is 11.0 Å². The first-order valence-corrected chi connectivity index (χ1v) is 6.60. The zero-order valence-corrected chi connectivity index (χ0v) is 11.0. The van der Waals surface area contributed by atoms with Gasteiger partial charge in [-0.25, -0.2) is 4.98 Å². The van der Waals surface area contributed by atoms with Gasteiger partial charge in [0.25, 0.3) is 0 Å². The number of carbonyl (C=O) groups excluding carboxylic acids is 1. The number of Topliss-reactive ketones (excluding diaryl/α,β-unsaturated/α-hetero) is 1. The standard InChI is InChI=1S/C13H13N3OS/c1-7-11(17)10(12(14)18-7)13-15-8-5-3-4-6-9(8)16(13)2/h3-7H,14H2,1-2H3. The summed E-state index contributed by atoms with van der Waals surface area (Å²) in [6, 6.07) is 7.81. The lowest BCUT2D eigenvalue weighted by atomic mass is 10.1. The number of nitrogens with two attached hydrogens (primary N) is 1. The molecule has 0 amide bonds. The summed E-state index contributed by atoms with van der Waals surface area (Å²) in [7, 11) is 1.91. The summed E-state index contributed by atoms with van der Waals surface area (Å²) in [5.41, 5.74) is 8.40. The van der Waals surface area contributed by atoms with Crippen molar-refractivity contribution in [1.82, 2.24) is 9.55 Å². The van der Waals surface area contributed by atoms with Gasteiger partial charge in [-0.3, -0.25) is 4.79 Å². The van der Waals surface area contributed by atoms with Gasteiger partial charge in [-0.2, -0.15) is 0 Å². The van der Waals surface area contributed by atoms with Gasteiger partial charge in [-0.1, -0.05) is 23.9 Å². The molecule has 0 saturated carbocycles. The first-order chi connectivity index (χ1) is 8.59. The molecular formula is C13H13N3OS. The van der Waals surface area contributed by atoms with Gasteiger partial charge in [0.2, 0.25) is 0 Å². The smallest absolute Gasteiger partial charge is 0.182 e. The molecule has 18 heavy (non-hydrogen) atoms. The lowest BCUT2D eigenvalue weighted by Gasteiger charge is -2.03. The molecule has 0 bridgehead atoms. The Hall–Kier alpha value is -1.75. The summed E-state index contributed by atoms with van der Waals surface area (Å²) in [5, 5.41) is 0.464. The molecule has 1 aliphatic heterocycles. The minimum absolute atomic E-state index is 0.0657. The molecule has 0 fully saturated rings. The molecule has 2 heterocycles. The summed E-state index contributed by atoms with van der Waals surface area (Å²) >= 11 is 1.40. The quantitative estimate of drug-likeness (QED) is 0.849. The van der Waals surface area contributed by atoms with Gasteiger partial charge in [0.15, 0.2) is 5.78 Å². The minimum Gasteiger partial charge on any atom is -0.393 e. The fourth-order valence-corrected chi connectivity index (χ4v) is 3.13. The van der Waals surface area contributed by atoms with Crippen molar-refractivity contribution >= 4 is 34.2 Å². The fraction of sp³-hybridized carbons (Fsp3) is 0.231. The molecule has 0 spiro atoms. The van der Waals surface area contributed by atoms with Crippen molar-refractivity contribution < 1.29 is 4.79 Å². The highest BCUT2D eigenvalue weighted by atomic mass is 32.2. The molecule has 1 atom stereocenters. The van der Waals surface area contributed by atoms with Crippen LogP contribution < -0.4 is 5.73 Å². The lowest BCUT2D eigenvalue weighted by Crippen LogP contribution is -2.12. The molecule has 1 aliphatic rings. The number of benzene rings is 1. The number of aromatic nitrogens is 2. The van der Waals surface area contributed by atoms with Gasteiger partial charge in [0.1, 0.15) is 5.82 Å². The molecular weight excluding hydrogens is 246 g/mol. The number of nitrogens with zero attached hydrogens (tertiary/aromatic N) is 2. The molecule has 1 aromatic heterocycles. The number of allylic oxidation sites excluding steroid dienone is 1. The number of carbonyl (C=O) groups is 1. The third kappa shape index (κ3) is 1.47. The average Bonchev–Trinajstić information content (AvgIpc) is 2.79. The number of thioether (sulfide) groups is 1. The van der Waals surface area contributed by atoms with E-state index < -0.39 is 0 Å². The highest BCUT2D eigenvalue weighted by Crippen LogP contribution is 2.37. The van der Waals surface area contributed by atoms with Crippen LogP contribution in [0, 0.1) is 0 Å². The number of aryl methyl sites for hydroxylation is 1. The Morgan fingerprint density at radius 2 is 2.11 bits per heavy atom. The first-order valence-electron chi connectivity index (χ1n) is 5.72. The van der Waals surface area contributed by atoms with Crippen LogP contribution in [0.2, 0.25) is 0 Å². The van der Waals surface area contributed by atoms with Crippen molar-refractivity contribution in [2.45, 2.75) is 12.2 Å². The SMILES string of the molecule is CC1SC(N)=C(c2nc3ccccc3n2C)C1=O. The van der Waals surface area contributed by atoms with Gasteiger partial charge in [0, 0.05) is 7.05 Å². The van der Waals surface area contributed by atoms with Crippen molar-refractivity contribution in [2.24, 2.45) is 12.8 Å². The monoisotopic (exact) mass is 259 g/mol. The second-order valence-electron chi connectivity index (χ2n) is 4.35. The molecule has 0 aliphatic carbocycles. The minimum atomic E-state index is -0.111. The van der Waals surface area contributed by atoms with Crippen LogP contribution in [0.1, 0.15) is 12.7 Å². The number of hydrogen-bond acceptors (Lipinski definition) is 4. The van der Waals surface area contributed by atoms with E-state index in [1.807, 2.05) is 42.8 Å². The van der Waals surface area contributed by atoms with Crippen LogP contribution >= 0.6 is 11.8 Å². The van der Waals surface area contributed by atoms with Crippen LogP contribution in [0.4, 0.5) is 0 Å². The highest BCUT2D eigenvalue weighted by Gasteiger charge is 2.33. The maximum Gasteiger partial charge on any atom is 0.182 e. The van der Waals surface area contributed by atoms with Crippen LogP contribution in [0.15, 0.2) is 29.3 Å². The number of hydrogen-bond donors (Lipinski definition) is 1. The van der Waals surface area contributed by atoms with Gasteiger partial charge >= 0.3 is 0 Å². The van der Waals surface area contributed by atoms with Crippen molar-refractivity contribution in [3.8, 4) is 0 Å². The number of rotatable bonds is 1. The van der Waals surface area contributed by atoms with Gasteiger partial charge < -0.3 is 10.3 Å². The normalized spacial score (nSPS) is 20.1. The van der Waals surface area contributed by atoms with Gasteiger partial charge in [-0.05, 0) is 19.1 Å². The first kappa shape index (κ1) is 11.3. The van der Waals surface area contributed by atoms with Crippen LogP contribution in [0.25, 0.3) is 16.6 Å². The topological polar surface area (TPSA) is 60.9 Å².